The number of hydrogen-bond donors (Lipinski definition) is 1. The summed E-state index contributed by atoms with van der Waals surface area (Å²) in [7, 11) is 1.78. The molecule has 1 aromatic rings. The van der Waals surface area contributed by atoms with Crippen LogP contribution in [-0.4, -0.2) is 31.3 Å². The van der Waals surface area contributed by atoms with Crippen LogP contribution in [0.25, 0.3) is 0 Å². The molecule has 0 saturated carbocycles. The molecular weight excluding hydrogens is 248 g/mol. The highest BCUT2D eigenvalue weighted by Gasteiger charge is 2.16. The first-order chi connectivity index (χ1) is 9.20. The van der Waals surface area contributed by atoms with Crippen LogP contribution in [-0.2, 0) is 16.1 Å². The summed E-state index contributed by atoms with van der Waals surface area (Å²) >= 11 is 0. The van der Waals surface area contributed by atoms with Crippen molar-refractivity contribution in [3.63, 3.8) is 0 Å². The van der Waals surface area contributed by atoms with Gasteiger partial charge in [-0.3, -0.25) is 10.1 Å². The van der Waals surface area contributed by atoms with Gasteiger partial charge in [0.1, 0.15) is 0 Å². The summed E-state index contributed by atoms with van der Waals surface area (Å²) in [5.74, 6) is 0. The maximum Gasteiger partial charge on any atom is 0.269 e. The normalized spacial score (nSPS) is 18.5. The second-order valence-corrected chi connectivity index (χ2v) is 4.50. The van der Waals surface area contributed by atoms with Crippen LogP contribution in [0.3, 0.4) is 0 Å². The fourth-order valence-electron chi connectivity index (χ4n) is 2.13. The molecule has 1 N–H and O–H groups in total. The van der Waals surface area contributed by atoms with E-state index in [1.165, 1.54) is 6.07 Å². The fraction of sp³-hybridized carbons (Fsp3) is 0.538. The Morgan fingerprint density at radius 3 is 3.05 bits per heavy atom. The average Bonchev–Trinajstić information content (AvgIpc) is 2.91. The Kier molecular flexibility index (Phi) is 4.70. The summed E-state index contributed by atoms with van der Waals surface area (Å²) in [6.45, 7) is 1.68. The van der Waals surface area contributed by atoms with Gasteiger partial charge >= 0.3 is 0 Å². The third-order valence-corrected chi connectivity index (χ3v) is 3.15. The van der Waals surface area contributed by atoms with Gasteiger partial charge in [-0.1, -0.05) is 0 Å². The Balaban J connectivity index is 1.96. The van der Waals surface area contributed by atoms with E-state index >= 15 is 0 Å². The molecule has 1 fully saturated rings. The molecule has 1 heterocycles. The standard InChI is InChI=1S/C13H18N2O4/c1-14-13-5-4-11(15(16)17)7-10(13)8-18-9-12-3-2-6-19-12/h4-5,7,12,14H,2-3,6,8-9H2,1H3. The molecule has 6 heteroatoms. The average molecular weight is 266 g/mol. The van der Waals surface area contributed by atoms with E-state index in [2.05, 4.69) is 5.32 Å². The van der Waals surface area contributed by atoms with Gasteiger partial charge in [-0.15, -0.1) is 0 Å². The largest absolute Gasteiger partial charge is 0.388 e. The molecule has 1 atom stereocenters. The lowest BCUT2D eigenvalue weighted by molar-refractivity contribution is -0.384. The van der Waals surface area contributed by atoms with E-state index in [-0.39, 0.29) is 11.8 Å². The van der Waals surface area contributed by atoms with E-state index < -0.39 is 4.92 Å². The smallest absolute Gasteiger partial charge is 0.269 e. The Hall–Kier alpha value is -1.66. The number of nitro benzene ring substituents is 1. The van der Waals surface area contributed by atoms with Crippen LogP contribution in [0.4, 0.5) is 11.4 Å². The first-order valence-electron chi connectivity index (χ1n) is 6.35. The third-order valence-electron chi connectivity index (χ3n) is 3.15. The molecule has 6 nitrogen and oxygen atoms in total. The fourth-order valence-corrected chi connectivity index (χ4v) is 2.13. The molecule has 0 aromatic heterocycles. The highest BCUT2D eigenvalue weighted by Crippen LogP contribution is 2.23. The molecule has 1 aliphatic heterocycles. The van der Waals surface area contributed by atoms with Crippen molar-refractivity contribution in [2.45, 2.75) is 25.6 Å². The van der Waals surface area contributed by atoms with Crippen LogP contribution >= 0.6 is 0 Å². The first kappa shape index (κ1) is 13.8. The number of nitrogens with one attached hydrogen (secondary N) is 1. The van der Waals surface area contributed by atoms with Gasteiger partial charge in [0.05, 0.1) is 24.2 Å². The van der Waals surface area contributed by atoms with Crippen LogP contribution in [0.15, 0.2) is 18.2 Å². The summed E-state index contributed by atoms with van der Waals surface area (Å²) in [5.41, 5.74) is 1.71. The van der Waals surface area contributed by atoms with Gasteiger partial charge in [0.15, 0.2) is 0 Å². The Morgan fingerprint density at radius 1 is 1.58 bits per heavy atom. The zero-order chi connectivity index (χ0) is 13.7. The zero-order valence-electron chi connectivity index (χ0n) is 10.9. The van der Waals surface area contributed by atoms with Crippen LogP contribution in [0.5, 0.6) is 0 Å². The van der Waals surface area contributed by atoms with E-state index in [0.717, 1.165) is 30.7 Å². The summed E-state index contributed by atoms with van der Waals surface area (Å²) in [6.07, 6.45) is 2.26. The Labute approximate surface area is 111 Å². The molecule has 0 bridgehead atoms. The van der Waals surface area contributed by atoms with Gasteiger partial charge in [-0.2, -0.15) is 0 Å². The minimum absolute atomic E-state index is 0.0784. The molecule has 0 spiro atoms. The van der Waals surface area contributed by atoms with Crippen LogP contribution in [0.1, 0.15) is 18.4 Å². The van der Waals surface area contributed by atoms with Crippen molar-refractivity contribution in [3.8, 4) is 0 Å². The lowest BCUT2D eigenvalue weighted by Crippen LogP contribution is -2.14. The summed E-state index contributed by atoms with van der Waals surface area (Å²) in [4.78, 5) is 10.4. The Bertz CT molecular complexity index is 444. The third kappa shape index (κ3) is 3.65. The second-order valence-electron chi connectivity index (χ2n) is 4.50. The number of benzene rings is 1. The molecule has 2 rings (SSSR count). The lowest BCUT2D eigenvalue weighted by Gasteiger charge is -2.12. The zero-order valence-corrected chi connectivity index (χ0v) is 10.9. The predicted octanol–water partition coefficient (Wildman–Crippen LogP) is 2.33. The highest BCUT2D eigenvalue weighted by molar-refractivity contribution is 5.55. The molecule has 0 radical (unpaired) electrons. The highest BCUT2D eigenvalue weighted by atomic mass is 16.6. The minimum Gasteiger partial charge on any atom is -0.388 e. The van der Waals surface area contributed by atoms with Crippen molar-refractivity contribution in [2.75, 3.05) is 25.6 Å². The molecule has 0 aliphatic carbocycles. The van der Waals surface area contributed by atoms with E-state index in [4.69, 9.17) is 9.47 Å². The van der Waals surface area contributed by atoms with E-state index in [0.29, 0.717) is 13.2 Å². The molecule has 19 heavy (non-hydrogen) atoms. The number of hydrogen-bond acceptors (Lipinski definition) is 5. The number of nitrogens with zero attached hydrogens (tertiary/aromatic N) is 1. The topological polar surface area (TPSA) is 73.6 Å². The molecule has 104 valence electrons. The van der Waals surface area contributed by atoms with Crippen LogP contribution < -0.4 is 5.32 Å². The molecule has 1 aliphatic rings. The summed E-state index contributed by atoms with van der Waals surface area (Å²) in [5, 5.41) is 13.8. The quantitative estimate of drug-likeness (QED) is 0.632. The summed E-state index contributed by atoms with van der Waals surface area (Å²) < 4.78 is 11.1. The van der Waals surface area contributed by atoms with Gasteiger partial charge in [-0.25, -0.2) is 0 Å². The predicted molar refractivity (Wildman–Crippen MR) is 71.3 cm³/mol. The van der Waals surface area contributed by atoms with Crippen molar-refractivity contribution in [1.29, 1.82) is 0 Å². The number of non-ortho nitro benzene ring substituents is 1. The van der Waals surface area contributed by atoms with Crippen molar-refractivity contribution in [3.05, 3.63) is 33.9 Å². The van der Waals surface area contributed by atoms with Crippen molar-refractivity contribution < 1.29 is 14.4 Å². The number of anilines is 1. The van der Waals surface area contributed by atoms with Gasteiger partial charge < -0.3 is 14.8 Å². The number of nitro groups is 1. The van der Waals surface area contributed by atoms with Gasteiger partial charge in [0.25, 0.3) is 5.69 Å². The maximum atomic E-state index is 10.8. The van der Waals surface area contributed by atoms with Crippen LogP contribution in [0, 0.1) is 10.1 Å². The lowest BCUT2D eigenvalue weighted by atomic mass is 10.1. The van der Waals surface area contributed by atoms with E-state index in [1.54, 1.807) is 19.2 Å². The van der Waals surface area contributed by atoms with E-state index in [9.17, 15) is 10.1 Å². The molecular formula is C13H18N2O4. The van der Waals surface area contributed by atoms with Crippen molar-refractivity contribution in [1.82, 2.24) is 0 Å². The number of rotatable bonds is 6. The second kappa shape index (κ2) is 6.49. The van der Waals surface area contributed by atoms with Crippen LogP contribution in [0.2, 0.25) is 0 Å². The monoisotopic (exact) mass is 266 g/mol. The SMILES string of the molecule is CNc1ccc([N+](=O)[O-])cc1COCC1CCCO1. The van der Waals surface area contributed by atoms with Crippen molar-refractivity contribution >= 4 is 11.4 Å². The molecule has 1 saturated heterocycles. The molecule has 0 amide bonds. The first-order valence-corrected chi connectivity index (χ1v) is 6.35. The van der Waals surface area contributed by atoms with E-state index in [1.807, 2.05) is 0 Å². The van der Waals surface area contributed by atoms with Crippen molar-refractivity contribution in [2.24, 2.45) is 0 Å². The molecule has 1 aromatic carbocycles. The minimum atomic E-state index is -0.400. The summed E-state index contributed by atoms with van der Waals surface area (Å²) in [6, 6.07) is 4.72. The van der Waals surface area contributed by atoms with Gasteiger partial charge in [0, 0.05) is 37.0 Å². The Morgan fingerprint density at radius 2 is 2.42 bits per heavy atom. The van der Waals surface area contributed by atoms with Gasteiger partial charge in [0.2, 0.25) is 0 Å². The molecule has 1 unspecified atom stereocenters. The maximum absolute atomic E-state index is 10.8. The number of ether oxygens (including phenoxy) is 2. The van der Waals surface area contributed by atoms with Gasteiger partial charge in [-0.05, 0) is 18.9 Å².